The van der Waals surface area contributed by atoms with Crippen LogP contribution in [0.5, 0.6) is 0 Å². The molecule has 0 bridgehead atoms. The first-order valence-corrected chi connectivity index (χ1v) is 13.8. The van der Waals surface area contributed by atoms with Crippen LogP contribution in [0.2, 0.25) is 0 Å². The fourth-order valence-corrected chi connectivity index (χ4v) is 7.68. The van der Waals surface area contributed by atoms with Gasteiger partial charge in [0.25, 0.3) is 5.92 Å². The van der Waals surface area contributed by atoms with Crippen molar-refractivity contribution in [2.75, 3.05) is 44.0 Å². The van der Waals surface area contributed by atoms with E-state index in [1.807, 2.05) is 0 Å². The number of nitrogens with zero attached hydrogens (tertiary/aromatic N) is 2. The first-order valence-electron chi connectivity index (χ1n) is 12.3. The number of halogens is 4. The van der Waals surface area contributed by atoms with Crippen molar-refractivity contribution in [2.45, 2.75) is 62.0 Å². The van der Waals surface area contributed by atoms with Crippen LogP contribution in [-0.2, 0) is 15.4 Å². The highest BCUT2D eigenvalue weighted by molar-refractivity contribution is 7.93. The summed E-state index contributed by atoms with van der Waals surface area (Å²) < 4.78 is 68.9. The second-order valence-electron chi connectivity index (χ2n) is 10.5. The zero-order valence-electron chi connectivity index (χ0n) is 19.6. The molecule has 1 aromatic rings. The molecule has 2 heterocycles. The second kappa shape index (κ2) is 9.45. The van der Waals surface area contributed by atoms with E-state index in [-0.39, 0.29) is 41.7 Å². The Morgan fingerprint density at radius 3 is 2.26 bits per heavy atom. The normalized spacial score (nSPS) is 31.1. The van der Waals surface area contributed by atoms with Gasteiger partial charge in [-0.25, -0.2) is 21.6 Å². The Hall–Kier alpha value is -1.03. The third-order valence-electron chi connectivity index (χ3n) is 8.42. The van der Waals surface area contributed by atoms with Crippen molar-refractivity contribution in [3.63, 3.8) is 0 Å². The van der Waals surface area contributed by atoms with E-state index < -0.39 is 15.9 Å². The Labute approximate surface area is 206 Å². The molecule has 2 aliphatic heterocycles. The lowest BCUT2D eigenvalue weighted by Crippen LogP contribution is -2.40. The first-order chi connectivity index (χ1) is 15.6. The van der Waals surface area contributed by atoms with Gasteiger partial charge in [-0.05, 0) is 74.4 Å². The van der Waals surface area contributed by atoms with Gasteiger partial charge in [-0.15, -0.1) is 12.4 Å². The van der Waals surface area contributed by atoms with Crippen LogP contribution in [0.3, 0.4) is 0 Å². The summed E-state index contributed by atoms with van der Waals surface area (Å²) in [4.78, 5) is 4.55. The molecule has 4 aliphatic rings. The lowest BCUT2D eigenvalue weighted by Gasteiger charge is -2.32. The minimum atomic E-state index is -3.38. The lowest BCUT2D eigenvalue weighted by molar-refractivity contribution is -0.0553. The standard InChI is InChI=1S/C24H34F3N3O2S.ClH/c1-2-24(19-14-17(4-7-22(19)25)28-33(31,32)18-5-6-18)20-15-30(16-21(20)24)11-3-10-29-12-8-23(26,27)9-13-29;/h4,7,14,18,20-21,28H,2-3,5-6,8-13,15-16H2,1H3;1H. The maximum Gasteiger partial charge on any atom is 0.250 e. The van der Waals surface area contributed by atoms with Gasteiger partial charge in [0.1, 0.15) is 5.82 Å². The maximum absolute atomic E-state index is 14.9. The van der Waals surface area contributed by atoms with Gasteiger partial charge < -0.3 is 9.80 Å². The molecule has 2 atom stereocenters. The Balaban J connectivity index is 0.00000274. The van der Waals surface area contributed by atoms with Crippen LogP contribution in [-0.4, -0.2) is 68.7 Å². The van der Waals surface area contributed by atoms with Crippen LogP contribution in [0.15, 0.2) is 18.2 Å². The third-order valence-corrected chi connectivity index (χ3v) is 10.3. The van der Waals surface area contributed by atoms with Gasteiger partial charge in [-0.3, -0.25) is 4.72 Å². The molecular weight excluding hydrogens is 487 g/mol. The number of alkyl halides is 2. The largest absolute Gasteiger partial charge is 0.303 e. The number of anilines is 1. The molecule has 4 fully saturated rings. The molecule has 192 valence electrons. The molecule has 10 heteroatoms. The highest BCUT2D eigenvalue weighted by Crippen LogP contribution is 2.66. The molecule has 2 aliphatic carbocycles. The van der Waals surface area contributed by atoms with Crippen LogP contribution in [0, 0.1) is 17.7 Å². The molecule has 0 radical (unpaired) electrons. The van der Waals surface area contributed by atoms with Crippen molar-refractivity contribution in [1.29, 1.82) is 0 Å². The van der Waals surface area contributed by atoms with E-state index in [9.17, 15) is 21.6 Å². The fraction of sp³-hybridized carbons (Fsp3) is 0.750. The van der Waals surface area contributed by atoms with Crippen molar-refractivity contribution in [2.24, 2.45) is 11.8 Å². The molecule has 5 rings (SSSR count). The summed E-state index contributed by atoms with van der Waals surface area (Å²) in [5.41, 5.74) is 0.880. The van der Waals surface area contributed by atoms with Gasteiger partial charge in [-0.2, -0.15) is 0 Å². The van der Waals surface area contributed by atoms with Crippen LogP contribution < -0.4 is 4.72 Å². The molecule has 0 aromatic heterocycles. The van der Waals surface area contributed by atoms with E-state index in [1.165, 1.54) is 12.1 Å². The van der Waals surface area contributed by atoms with Gasteiger partial charge in [0, 0.05) is 50.1 Å². The first kappa shape index (κ1) is 26.0. The summed E-state index contributed by atoms with van der Waals surface area (Å²) in [6.45, 7) is 6.63. The number of hydrogen-bond donors (Lipinski definition) is 1. The quantitative estimate of drug-likeness (QED) is 0.520. The molecule has 1 aromatic carbocycles. The summed E-state index contributed by atoms with van der Waals surface area (Å²) in [5, 5.41) is -0.318. The molecule has 5 nitrogen and oxygen atoms in total. The van der Waals surface area contributed by atoms with Gasteiger partial charge in [0.05, 0.1) is 5.25 Å². The Morgan fingerprint density at radius 1 is 1.06 bits per heavy atom. The third kappa shape index (κ3) is 4.95. The molecule has 2 saturated carbocycles. The number of hydrogen-bond acceptors (Lipinski definition) is 4. The number of benzene rings is 1. The SMILES string of the molecule is CCC1(c2cc(NS(=O)(=O)C3CC3)ccc2F)C2CN(CCCN3CCC(F)(F)CC3)CC21.Cl. The number of sulfonamides is 1. The lowest BCUT2D eigenvalue weighted by atomic mass is 9.86. The number of nitrogens with one attached hydrogen (secondary N) is 1. The zero-order valence-corrected chi connectivity index (χ0v) is 21.2. The zero-order chi connectivity index (χ0) is 23.4. The van der Waals surface area contributed by atoms with E-state index in [1.54, 1.807) is 6.07 Å². The van der Waals surface area contributed by atoms with E-state index in [0.29, 0.717) is 49.0 Å². The molecule has 2 unspecified atom stereocenters. The summed E-state index contributed by atoms with van der Waals surface area (Å²) in [7, 11) is -3.38. The minimum Gasteiger partial charge on any atom is -0.303 e. The maximum atomic E-state index is 14.9. The van der Waals surface area contributed by atoms with Crippen molar-refractivity contribution in [3.8, 4) is 0 Å². The van der Waals surface area contributed by atoms with Crippen molar-refractivity contribution in [1.82, 2.24) is 9.80 Å². The Kier molecular flexibility index (Phi) is 7.24. The van der Waals surface area contributed by atoms with Gasteiger partial charge in [0.15, 0.2) is 0 Å². The van der Waals surface area contributed by atoms with E-state index >= 15 is 0 Å². The molecule has 1 N–H and O–H groups in total. The molecule has 0 spiro atoms. The van der Waals surface area contributed by atoms with Gasteiger partial charge >= 0.3 is 0 Å². The summed E-state index contributed by atoms with van der Waals surface area (Å²) >= 11 is 0. The summed E-state index contributed by atoms with van der Waals surface area (Å²) in [5.74, 6) is -2.00. The predicted octanol–water partition coefficient (Wildman–Crippen LogP) is 4.48. The average Bonchev–Trinajstić information content (AvgIpc) is 3.67. The Bertz CT molecular complexity index is 983. The monoisotopic (exact) mass is 521 g/mol. The smallest absolute Gasteiger partial charge is 0.250 e. The van der Waals surface area contributed by atoms with Crippen LogP contribution in [0.1, 0.15) is 51.0 Å². The van der Waals surface area contributed by atoms with Gasteiger partial charge in [-0.1, -0.05) is 6.92 Å². The molecule has 2 saturated heterocycles. The Morgan fingerprint density at radius 2 is 1.68 bits per heavy atom. The van der Waals surface area contributed by atoms with Crippen LogP contribution >= 0.6 is 12.4 Å². The summed E-state index contributed by atoms with van der Waals surface area (Å²) in [6.07, 6.45) is 3.08. The average molecular weight is 522 g/mol. The topological polar surface area (TPSA) is 52.7 Å². The molecular formula is C24H35ClF3N3O2S. The molecule has 0 amide bonds. The predicted molar refractivity (Wildman–Crippen MR) is 130 cm³/mol. The number of rotatable bonds is 9. The van der Waals surface area contributed by atoms with E-state index in [2.05, 4.69) is 21.4 Å². The van der Waals surface area contributed by atoms with Crippen LogP contribution in [0.25, 0.3) is 0 Å². The summed E-state index contributed by atoms with van der Waals surface area (Å²) in [6, 6.07) is 4.63. The number of fused-ring (bicyclic) bond motifs is 1. The van der Waals surface area contributed by atoms with Crippen LogP contribution in [0.4, 0.5) is 18.9 Å². The number of likely N-dealkylation sites (tertiary alicyclic amines) is 2. The van der Waals surface area contributed by atoms with E-state index in [4.69, 9.17) is 0 Å². The second-order valence-corrected chi connectivity index (χ2v) is 12.4. The number of piperidine rings is 2. The molecule has 34 heavy (non-hydrogen) atoms. The van der Waals surface area contributed by atoms with Crippen molar-refractivity contribution < 1.29 is 21.6 Å². The minimum absolute atomic E-state index is 0. The highest BCUT2D eigenvalue weighted by atomic mass is 35.5. The van der Waals surface area contributed by atoms with Crippen molar-refractivity contribution >= 4 is 28.1 Å². The highest BCUT2D eigenvalue weighted by Gasteiger charge is 2.68. The van der Waals surface area contributed by atoms with Crippen molar-refractivity contribution in [3.05, 3.63) is 29.6 Å². The van der Waals surface area contributed by atoms with E-state index in [0.717, 1.165) is 39.0 Å². The van der Waals surface area contributed by atoms with Gasteiger partial charge in [0.2, 0.25) is 10.0 Å². The fourth-order valence-electron chi connectivity index (χ4n) is 6.31.